The quantitative estimate of drug-likeness (QED) is 0.764. The van der Waals surface area contributed by atoms with Gasteiger partial charge in [-0.15, -0.1) is 0 Å². The van der Waals surface area contributed by atoms with Gasteiger partial charge in [0.15, 0.2) is 0 Å². The Morgan fingerprint density at radius 3 is 2.59 bits per heavy atom. The van der Waals surface area contributed by atoms with Crippen molar-refractivity contribution in [2.24, 2.45) is 0 Å². The summed E-state index contributed by atoms with van der Waals surface area (Å²) in [6, 6.07) is 8.15. The van der Waals surface area contributed by atoms with E-state index in [9.17, 15) is 13.2 Å². The number of amides is 1. The SMILES string of the molecule is CS(=O)(=O)Nc1cccc(CNC(=O)c2cc(Cl)c(Cl)[nH]2)c1. The largest absolute Gasteiger partial charge is 0.347 e. The molecule has 6 nitrogen and oxygen atoms in total. The lowest BCUT2D eigenvalue weighted by atomic mass is 10.2. The van der Waals surface area contributed by atoms with E-state index in [1.165, 1.54) is 6.07 Å². The summed E-state index contributed by atoms with van der Waals surface area (Å²) in [6.07, 6.45) is 1.07. The van der Waals surface area contributed by atoms with Crippen LogP contribution in [0.2, 0.25) is 10.2 Å². The molecule has 0 fully saturated rings. The van der Waals surface area contributed by atoms with Gasteiger partial charge in [-0.25, -0.2) is 8.42 Å². The maximum atomic E-state index is 11.9. The minimum Gasteiger partial charge on any atom is -0.347 e. The van der Waals surface area contributed by atoms with Gasteiger partial charge in [0.2, 0.25) is 10.0 Å². The zero-order chi connectivity index (χ0) is 16.3. The summed E-state index contributed by atoms with van der Waals surface area (Å²) in [4.78, 5) is 14.6. The number of aromatic amines is 1. The van der Waals surface area contributed by atoms with Gasteiger partial charge in [0.05, 0.1) is 11.3 Å². The topological polar surface area (TPSA) is 91.1 Å². The third kappa shape index (κ3) is 4.66. The molecule has 1 aromatic heterocycles. The zero-order valence-corrected chi connectivity index (χ0v) is 13.8. The number of carbonyl (C=O) groups excluding carboxylic acids is 1. The molecule has 3 N–H and O–H groups in total. The molecule has 118 valence electrons. The number of anilines is 1. The monoisotopic (exact) mass is 361 g/mol. The average Bonchev–Trinajstić information content (AvgIpc) is 2.75. The molecule has 0 radical (unpaired) electrons. The summed E-state index contributed by atoms with van der Waals surface area (Å²) < 4.78 is 24.7. The lowest BCUT2D eigenvalue weighted by molar-refractivity contribution is 0.0946. The molecule has 0 aliphatic rings. The predicted octanol–water partition coefficient (Wildman–Crippen LogP) is 2.62. The third-order valence-corrected chi connectivity index (χ3v) is 3.95. The maximum Gasteiger partial charge on any atom is 0.268 e. The Kier molecular flexibility index (Phi) is 5.00. The molecule has 0 bridgehead atoms. The van der Waals surface area contributed by atoms with Crippen molar-refractivity contribution >= 4 is 44.8 Å². The second-order valence-electron chi connectivity index (χ2n) is 4.60. The molecule has 1 aromatic carbocycles. The molecule has 0 unspecified atom stereocenters. The predicted molar refractivity (Wildman–Crippen MR) is 86.9 cm³/mol. The van der Waals surface area contributed by atoms with E-state index in [-0.39, 0.29) is 28.3 Å². The molecule has 0 aliphatic carbocycles. The van der Waals surface area contributed by atoms with Gasteiger partial charge in [0, 0.05) is 12.2 Å². The molecule has 0 spiro atoms. The number of sulfonamides is 1. The van der Waals surface area contributed by atoms with Crippen molar-refractivity contribution in [2.75, 3.05) is 11.0 Å². The molecular formula is C13H13Cl2N3O3S. The van der Waals surface area contributed by atoms with E-state index in [0.717, 1.165) is 11.8 Å². The Labute approximate surface area is 137 Å². The average molecular weight is 362 g/mol. The summed E-state index contributed by atoms with van der Waals surface area (Å²) in [7, 11) is -3.34. The van der Waals surface area contributed by atoms with E-state index in [0.29, 0.717) is 5.69 Å². The van der Waals surface area contributed by atoms with Gasteiger partial charge in [-0.2, -0.15) is 0 Å². The number of carbonyl (C=O) groups is 1. The van der Waals surface area contributed by atoms with E-state index in [1.807, 2.05) is 0 Å². The normalized spacial score (nSPS) is 11.2. The first kappa shape index (κ1) is 16.7. The molecule has 1 heterocycles. The first-order chi connectivity index (χ1) is 10.2. The smallest absolute Gasteiger partial charge is 0.268 e. The lowest BCUT2D eigenvalue weighted by Gasteiger charge is -2.07. The van der Waals surface area contributed by atoms with E-state index in [1.54, 1.807) is 24.3 Å². The van der Waals surface area contributed by atoms with Crippen LogP contribution in [-0.4, -0.2) is 25.6 Å². The van der Waals surface area contributed by atoms with Gasteiger partial charge in [0.25, 0.3) is 5.91 Å². The minimum absolute atomic E-state index is 0.200. The second kappa shape index (κ2) is 6.60. The van der Waals surface area contributed by atoms with E-state index >= 15 is 0 Å². The number of aromatic nitrogens is 1. The van der Waals surface area contributed by atoms with Crippen LogP contribution in [0.1, 0.15) is 16.1 Å². The molecule has 0 saturated heterocycles. The molecule has 0 saturated carbocycles. The highest BCUT2D eigenvalue weighted by Gasteiger charge is 2.11. The van der Waals surface area contributed by atoms with Crippen LogP contribution in [0, 0.1) is 0 Å². The number of benzene rings is 1. The van der Waals surface area contributed by atoms with Crippen LogP contribution in [0.3, 0.4) is 0 Å². The fourth-order valence-corrected chi connectivity index (χ4v) is 2.63. The number of hydrogen-bond acceptors (Lipinski definition) is 3. The third-order valence-electron chi connectivity index (χ3n) is 2.65. The Balaban J connectivity index is 2.02. The summed E-state index contributed by atoms with van der Waals surface area (Å²) in [5.41, 5.74) is 1.42. The van der Waals surface area contributed by atoms with Gasteiger partial charge >= 0.3 is 0 Å². The molecule has 0 aliphatic heterocycles. The Hall–Kier alpha value is -1.70. The van der Waals surface area contributed by atoms with Crippen LogP contribution in [0.4, 0.5) is 5.69 Å². The van der Waals surface area contributed by atoms with Crippen LogP contribution in [0.5, 0.6) is 0 Å². The number of H-pyrrole nitrogens is 1. The van der Waals surface area contributed by atoms with Gasteiger partial charge in [-0.05, 0) is 23.8 Å². The molecule has 22 heavy (non-hydrogen) atoms. The number of hydrogen-bond donors (Lipinski definition) is 3. The molecular weight excluding hydrogens is 349 g/mol. The molecule has 2 aromatic rings. The molecule has 1 amide bonds. The lowest BCUT2D eigenvalue weighted by Crippen LogP contribution is -2.23. The summed E-state index contributed by atoms with van der Waals surface area (Å²) in [5.74, 6) is -0.365. The number of halogens is 2. The van der Waals surface area contributed by atoms with Crippen molar-refractivity contribution in [1.29, 1.82) is 0 Å². The van der Waals surface area contributed by atoms with Crippen LogP contribution in [0.25, 0.3) is 0 Å². The van der Waals surface area contributed by atoms with Gasteiger partial charge in [-0.3, -0.25) is 9.52 Å². The minimum atomic E-state index is -3.34. The van der Waals surface area contributed by atoms with Crippen LogP contribution in [-0.2, 0) is 16.6 Å². The molecule has 2 rings (SSSR count). The van der Waals surface area contributed by atoms with Crippen LogP contribution in [0.15, 0.2) is 30.3 Å². The molecule has 9 heteroatoms. The zero-order valence-electron chi connectivity index (χ0n) is 11.5. The first-order valence-corrected chi connectivity index (χ1v) is 8.78. The van der Waals surface area contributed by atoms with Crippen molar-refractivity contribution in [3.05, 3.63) is 51.8 Å². The highest BCUT2D eigenvalue weighted by atomic mass is 35.5. The van der Waals surface area contributed by atoms with Crippen LogP contribution < -0.4 is 10.0 Å². The Bertz CT molecular complexity index is 783. The van der Waals surface area contributed by atoms with Gasteiger partial charge in [0.1, 0.15) is 10.8 Å². The fourth-order valence-electron chi connectivity index (χ4n) is 1.76. The maximum absolute atomic E-state index is 11.9. The molecule has 0 atom stereocenters. The van der Waals surface area contributed by atoms with Gasteiger partial charge in [-0.1, -0.05) is 35.3 Å². The summed E-state index contributed by atoms with van der Waals surface area (Å²) >= 11 is 11.5. The van der Waals surface area contributed by atoms with Crippen molar-refractivity contribution in [3.63, 3.8) is 0 Å². The van der Waals surface area contributed by atoms with E-state index in [4.69, 9.17) is 23.2 Å². The Morgan fingerprint density at radius 1 is 1.27 bits per heavy atom. The van der Waals surface area contributed by atoms with E-state index < -0.39 is 10.0 Å². The van der Waals surface area contributed by atoms with Crippen molar-refractivity contribution < 1.29 is 13.2 Å². The standard InChI is InChI=1S/C13H13Cl2N3O3S/c1-22(20,21)18-9-4-2-3-8(5-9)7-16-13(19)11-6-10(14)12(15)17-11/h2-6,17-18H,7H2,1H3,(H,16,19). The van der Waals surface area contributed by atoms with Gasteiger partial charge < -0.3 is 10.3 Å². The summed E-state index contributed by atoms with van der Waals surface area (Å²) in [5, 5.41) is 3.15. The van der Waals surface area contributed by atoms with Crippen molar-refractivity contribution in [2.45, 2.75) is 6.54 Å². The van der Waals surface area contributed by atoms with Crippen molar-refractivity contribution in [1.82, 2.24) is 10.3 Å². The van der Waals surface area contributed by atoms with Crippen molar-refractivity contribution in [3.8, 4) is 0 Å². The highest BCUT2D eigenvalue weighted by Crippen LogP contribution is 2.21. The second-order valence-corrected chi connectivity index (χ2v) is 7.14. The van der Waals surface area contributed by atoms with E-state index in [2.05, 4.69) is 15.0 Å². The number of nitrogens with one attached hydrogen (secondary N) is 3. The highest BCUT2D eigenvalue weighted by molar-refractivity contribution is 7.92. The first-order valence-electron chi connectivity index (χ1n) is 6.13. The van der Waals surface area contributed by atoms with Crippen LogP contribution >= 0.6 is 23.2 Å². The fraction of sp³-hybridized carbons (Fsp3) is 0.154. The Morgan fingerprint density at radius 2 is 2.00 bits per heavy atom. The number of rotatable bonds is 5. The summed E-state index contributed by atoms with van der Waals surface area (Å²) in [6.45, 7) is 0.229.